The van der Waals surface area contributed by atoms with Crippen molar-refractivity contribution in [2.45, 2.75) is 36.5 Å². The van der Waals surface area contributed by atoms with Gasteiger partial charge in [0, 0.05) is 38.3 Å². The molecule has 1 aromatic heterocycles. The second-order valence-corrected chi connectivity index (χ2v) is 13.2. The summed E-state index contributed by atoms with van der Waals surface area (Å²) in [6, 6.07) is 19.8. The Bertz CT molecular complexity index is 1830. The molecular weight excluding hydrogens is 636 g/mol. The summed E-state index contributed by atoms with van der Waals surface area (Å²) in [7, 11) is -3.89. The van der Waals surface area contributed by atoms with Crippen molar-refractivity contribution in [1.29, 1.82) is 0 Å². The minimum absolute atomic E-state index is 0.0626. The zero-order valence-electron chi connectivity index (χ0n) is 25.2. The average molecular weight is 669 g/mol. The van der Waals surface area contributed by atoms with Gasteiger partial charge in [0.2, 0.25) is 21.9 Å². The van der Waals surface area contributed by atoms with E-state index < -0.39 is 33.7 Å². The van der Waals surface area contributed by atoms with Gasteiger partial charge in [0.1, 0.15) is 11.9 Å². The number of halogens is 4. The molecule has 2 saturated heterocycles. The standard InChI is InChI=1S/C33H32F4N6O3S/c34-27-9-4-5-10-29(27)41-17-19-42(20-18-41)32-39-25(21-28(40-32)23-12-14-24(15-13-23)33(35,36)37)22-38-31(44)30-11-6-16-43(30)47(45,46)26-7-2-1-3-8-26/h1-5,7-10,12-15,21,30H,6,11,16-20,22H2,(H,38,44). The van der Waals surface area contributed by atoms with Gasteiger partial charge >= 0.3 is 6.18 Å². The van der Waals surface area contributed by atoms with Crippen LogP contribution in [0.15, 0.2) is 89.8 Å². The van der Waals surface area contributed by atoms with Crippen LogP contribution in [0.5, 0.6) is 0 Å². The third kappa shape index (κ3) is 7.08. The van der Waals surface area contributed by atoms with E-state index >= 15 is 0 Å². The number of piperazine rings is 1. The second kappa shape index (κ2) is 13.3. The maximum Gasteiger partial charge on any atom is 0.416 e. The van der Waals surface area contributed by atoms with Crippen molar-refractivity contribution in [2.24, 2.45) is 0 Å². The van der Waals surface area contributed by atoms with E-state index in [9.17, 15) is 30.8 Å². The predicted molar refractivity (Wildman–Crippen MR) is 168 cm³/mol. The number of aromatic nitrogens is 2. The summed E-state index contributed by atoms with van der Waals surface area (Å²) < 4.78 is 81.9. The van der Waals surface area contributed by atoms with Crippen molar-refractivity contribution in [3.8, 4) is 11.3 Å². The van der Waals surface area contributed by atoms with Crippen molar-refractivity contribution >= 4 is 27.6 Å². The smallest absolute Gasteiger partial charge is 0.366 e. The lowest BCUT2D eigenvalue weighted by atomic mass is 10.1. The number of benzene rings is 3. The molecule has 0 aliphatic carbocycles. The lowest BCUT2D eigenvalue weighted by Gasteiger charge is -2.36. The number of hydrogen-bond acceptors (Lipinski definition) is 7. The van der Waals surface area contributed by atoms with Crippen molar-refractivity contribution in [2.75, 3.05) is 42.5 Å². The summed E-state index contributed by atoms with van der Waals surface area (Å²) >= 11 is 0. The molecule has 14 heteroatoms. The maximum absolute atomic E-state index is 14.4. The first-order valence-corrected chi connectivity index (χ1v) is 16.6. The molecule has 0 saturated carbocycles. The van der Waals surface area contributed by atoms with E-state index in [0.29, 0.717) is 67.6 Å². The highest BCUT2D eigenvalue weighted by Crippen LogP contribution is 2.32. The summed E-state index contributed by atoms with van der Waals surface area (Å²) in [6.07, 6.45) is -3.61. The fourth-order valence-corrected chi connectivity index (χ4v) is 7.54. The van der Waals surface area contributed by atoms with Gasteiger partial charge in [-0.05, 0) is 55.3 Å². The van der Waals surface area contributed by atoms with Gasteiger partial charge in [-0.2, -0.15) is 17.5 Å². The summed E-state index contributed by atoms with van der Waals surface area (Å²) in [5.74, 6) is -0.484. The van der Waals surface area contributed by atoms with Crippen LogP contribution in [-0.4, -0.2) is 67.4 Å². The summed E-state index contributed by atoms with van der Waals surface area (Å²) in [6.45, 7) is 2.01. The van der Waals surface area contributed by atoms with E-state index in [1.54, 1.807) is 42.5 Å². The van der Waals surface area contributed by atoms with Crippen molar-refractivity contribution in [3.05, 3.63) is 102 Å². The Morgan fingerprint density at radius 1 is 0.851 bits per heavy atom. The molecular formula is C33H32F4N6O3S. The second-order valence-electron chi connectivity index (χ2n) is 11.3. The molecule has 0 radical (unpaired) electrons. The fraction of sp³-hybridized carbons (Fsp3) is 0.303. The van der Waals surface area contributed by atoms with Gasteiger partial charge in [-0.3, -0.25) is 4.79 Å². The summed E-state index contributed by atoms with van der Waals surface area (Å²) in [5, 5.41) is 2.81. The Balaban J connectivity index is 1.23. The van der Waals surface area contributed by atoms with Crippen LogP contribution in [0.4, 0.5) is 29.2 Å². The highest BCUT2D eigenvalue weighted by atomic mass is 32.2. The number of sulfonamides is 1. The Morgan fingerprint density at radius 3 is 2.19 bits per heavy atom. The average Bonchev–Trinajstić information content (AvgIpc) is 3.59. The third-order valence-electron chi connectivity index (χ3n) is 8.33. The Labute approximate surface area is 269 Å². The number of para-hydroxylation sites is 1. The predicted octanol–water partition coefficient (Wildman–Crippen LogP) is 5.10. The van der Waals surface area contributed by atoms with Crippen LogP contribution in [0.25, 0.3) is 11.3 Å². The number of hydrogen-bond donors (Lipinski definition) is 1. The Kier molecular flexibility index (Phi) is 9.15. The van der Waals surface area contributed by atoms with E-state index in [-0.39, 0.29) is 23.8 Å². The zero-order chi connectivity index (χ0) is 33.2. The number of anilines is 2. The molecule has 3 heterocycles. The lowest BCUT2D eigenvalue weighted by molar-refractivity contribution is -0.137. The molecule has 1 N–H and O–H groups in total. The van der Waals surface area contributed by atoms with E-state index in [1.165, 1.54) is 34.6 Å². The monoisotopic (exact) mass is 668 g/mol. The highest BCUT2D eigenvalue weighted by molar-refractivity contribution is 7.89. The molecule has 0 bridgehead atoms. The number of rotatable bonds is 8. The third-order valence-corrected chi connectivity index (χ3v) is 10.3. The first-order chi connectivity index (χ1) is 22.5. The van der Waals surface area contributed by atoms with Crippen LogP contribution in [0, 0.1) is 5.82 Å². The quantitative estimate of drug-likeness (QED) is 0.261. The van der Waals surface area contributed by atoms with E-state index in [4.69, 9.17) is 0 Å². The Hall–Kier alpha value is -4.56. The molecule has 1 amide bonds. The Morgan fingerprint density at radius 2 is 1.51 bits per heavy atom. The molecule has 2 aliphatic rings. The van der Waals surface area contributed by atoms with Gasteiger partial charge < -0.3 is 15.1 Å². The van der Waals surface area contributed by atoms with Gasteiger partial charge in [-0.15, -0.1) is 0 Å². The molecule has 2 aliphatic heterocycles. The number of carbonyl (C=O) groups excluding carboxylic acids is 1. The molecule has 4 aromatic rings. The topological polar surface area (TPSA) is 98.7 Å². The van der Waals surface area contributed by atoms with Gasteiger partial charge in [0.25, 0.3) is 0 Å². The number of alkyl halides is 3. The maximum atomic E-state index is 14.4. The van der Waals surface area contributed by atoms with Crippen LogP contribution in [0.2, 0.25) is 0 Å². The molecule has 6 rings (SSSR count). The van der Waals surface area contributed by atoms with Gasteiger partial charge in [0.15, 0.2) is 0 Å². The van der Waals surface area contributed by atoms with E-state index in [2.05, 4.69) is 15.3 Å². The van der Waals surface area contributed by atoms with Crippen LogP contribution in [-0.2, 0) is 27.5 Å². The van der Waals surface area contributed by atoms with Crippen molar-refractivity contribution in [3.63, 3.8) is 0 Å². The van der Waals surface area contributed by atoms with Crippen LogP contribution >= 0.6 is 0 Å². The van der Waals surface area contributed by atoms with Crippen molar-refractivity contribution < 1.29 is 30.8 Å². The number of amides is 1. The number of carbonyl (C=O) groups is 1. The van der Waals surface area contributed by atoms with Gasteiger partial charge in [0.05, 0.1) is 34.1 Å². The first kappa shape index (κ1) is 32.4. The SMILES string of the molecule is O=C(NCc1cc(-c2ccc(C(F)(F)F)cc2)nc(N2CCN(c3ccccc3F)CC2)n1)C1CCCN1S(=O)(=O)c1ccccc1. The first-order valence-electron chi connectivity index (χ1n) is 15.2. The summed E-state index contributed by atoms with van der Waals surface area (Å²) in [5.41, 5.74) is 0.878. The van der Waals surface area contributed by atoms with Crippen LogP contribution in [0.1, 0.15) is 24.1 Å². The van der Waals surface area contributed by atoms with E-state index in [1.807, 2.05) is 9.80 Å². The molecule has 0 spiro atoms. The van der Waals surface area contributed by atoms with Crippen LogP contribution < -0.4 is 15.1 Å². The van der Waals surface area contributed by atoms with Crippen molar-refractivity contribution in [1.82, 2.24) is 19.6 Å². The lowest BCUT2D eigenvalue weighted by Crippen LogP contribution is -2.47. The normalized spacial score (nSPS) is 17.6. The van der Waals surface area contributed by atoms with E-state index in [0.717, 1.165) is 12.1 Å². The number of nitrogens with one attached hydrogen (secondary N) is 1. The molecule has 1 atom stereocenters. The molecule has 246 valence electrons. The fourth-order valence-electron chi connectivity index (χ4n) is 5.86. The molecule has 47 heavy (non-hydrogen) atoms. The molecule has 3 aromatic carbocycles. The van der Waals surface area contributed by atoms with Gasteiger partial charge in [-0.25, -0.2) is 22.8 Å². The largest absolute Gasteiger partial charge is 0.416 e. The molecule has 1 unspecified atom stereocenters. The molecule has 9 nitrogen and oxygen atoms in total. The summed E-state index contributed by atoms with van der Waals surface area (Å²) in [4.78, 5) is 26.6. The highest BCUT2D eigenvalue weighted by Gasteiger charge is 2.39. The minimum atomic E-state index is -4.50. The van der Waals surface area contributed by atoms with Crippen LogP contribution in [0.3, 0.4) is 0 Å². The minimum Gasteiger partial charge on any atom is -0.366 e. The molecule has 2 fully saturated rings. The van der Waals surface area contributed by atoms with Gasteiger partial charge in [-0.1, -0.05) is 42.5 Å². The zero-order valence-corrected chi connectivity index (χ0v) is 26.0. The number of nitrogens with zero attached hydrogens (tertiary/aromatic N) is 5.